The molecule has 0 aliphatic rings. The molecule has 0 fully saturated rings. The molecule has 48 heavy (non-hydrogen) atoms. The summed E-state index contributed by atoms with van der Waals surface area (Å²) in [5.74, 6) is 0. The predicted molar refractivity (Wildman–Crippen MR) is 238 cm³/mol. The summed E-state index contributed by atoms with van der Waals surface area (Å²) in [5.41, 5.74) is 0. The molecule has 0 saturated heterocycles. The lowest BCUT2D eigenvalue weighted by Gasteiger charge is -2.43. The highest BCUT2D eigenvalue weighted by molar-refractivity contribution is 6.89. The zero-order chi connectivity index (χ0) is 45.1. The van der Waals surface area contributed by atoms with Crippen LogP contribution < -0.4 is 0 Å². The van der Waals surface area contributed by atoms with Gasteiger partial charge >= 0.3 is 26.7 Å². The van der Waals surface area contributed by atoms with E-state index in [2.05, 4.69) is 0 Å². The van der Waals surface area contributed by atoms with Crippen molar-refractivity contribution >= 4 is 115 Å². The van der Waals surface area contributed by atoms with Gasteiger partial charge in [-0.3, -0.25) is 0 Å². The Labute approximate surface area is 326 Å². The first-order valence-electron chi connectivity index (χ1n) is 21.0. The summed E-state index contributed by atoms with van der Waals surface area (Å²) in [6.45, 7) is 35.5. The smallest absolute Gasteiger partial charge is 0.420 e. The average Bonchev–Trinajstić information content (AvgIpc) is 2.72. The molecule has 23 heteroatoms. The maximum atomic E-state index is 8.99. The summed E-state index contributed by atoms with van der Waals surface area (Å²) >= 11 is 0. The van der Waals surface area contributed by atoms with Crippen molar-refractivity contribution in [3.63, 3.8) is 0 Å². The Morgan fingerprint density at radius 3 is 0.875 bits per heavy atom. The van der Waals surface area contributed by atoms with Crippen LogP contribution in [0.1, 0.15) is 6.42 Å². The fraction of sp³-hybridized carbons (Fsp3) is 1.00. The molecule has 0 amide bonds. The maximum absolute atomic E-state index is 8.99. The molecule has 0 aromatic rings. The van der Waals surface area contributed by atoms with E-state index in [1.165, 1.54) is 0 Å². The van der Waals surface area contributed by atoms with Gasteiger partial charge in [-0.1, -0.05) is 0 Å². The van der Waals surface area contributed by atoms with E-state index in [1.54, 1.807) is 105 Å². The average molecular weight is 920 g/mol. The van der Waals surface area contributed by atoms with E-state index in [4.69, 9.17) is 51.0 Å². The molecular weight excluding hydrogens is 825 g/mol. The molecule has 0 aromatic carbocycles. The second kappa shape index (κ2) is 22.7. The Morgan fingerprint density at radius 1 is 0.354 bits per heavy atom. The molecule has 0 unspecified atom stereocenters. The maximum Gasteiger partial charge on any atom is 0.636 e. The van der Waals surface area contributed by atoms with E-state index in [0.29, 0.717) is 24.6 Å². The molecule has 0 atom stereocenters. The van der Waals surface area contributed by atoms with Crippen LogP contribution in [0.5, 0.6) is 0 Å². The van der Waals surface area contributed by atoms with Crippen molar-refractivity contribution in [3.05, 3.63) is 0 Å². The molecule has 10 nitrogen and oxygen atoms in total. The van der Waals surface area contributed by atoms with Crippen molar-refractivity contribution in [2.45, 2.75) is 162 Å². The Hall–Kier alpha value is 2.42. The molecule has 0 rings (SSSR count). The first-order valence-corrected chi connectivity index (χ1v) is 48.0. The van der Waals surface area contributed by atoms with Gasteiger partial charge in [-0.15, -0.1) is 0 Å². The summed E-state index contributed by atoms with van der Waals surface area (Å²) < 4.78 is 136. The van der Waals surface area contributed by atoms with Gasteiger partial charge < -0.3 is 41.2 Å². The van der Waals surface area contributed by atoms with E-state index in [1.807, 2.05) is 26.2 Å². The summed E-state index contributed by atoms with van der Waals surface area (Å²) in [6, 6.07) is 1.41. The monoisotopic (exact) mass is 918 g/mol. The van der Waals surface area contributed by atoms with Crippen molar-refractivity contribution in [2.75, 3.05) is 0 Å². The van der Waals surface area contributed by atoms with Crippen LogP contribution in [0.25, 0.3) is 0 Å². The van der Waals surface area contributed by atoms with Crippen molar-refractivity contribution in [1.29, 1.82) is 9.88 Å². The molecule has 0 N–H and O–H groups in total. The van der Waals surface area contributed by atoms with Crippen LogP contribution in [-0.4, -0.2) is 125 Å². The predicted octanol–water partition coefficient (Wildman–Crippen LogP) is 6.13. The fourth-order valence-corrected chi connectivity index (χ4v) is 44.6. The summed E-state index contributed by atoms with van der Waals surface area (Å²) in [4.78, 5) is 0. The molecule has 0 bridgehead atoms. The lowest BCUT2D eigenvalue weighted by atomic mass is 10.6. The van der Waals surface area contributed by atoms with Crippen molar-refractivity contribution in [1.82, 2.24) is 0 Å². The quantitative estimate of drug-likeness (QED) is 0.0897. The normalized spacial score (nSPS) is 18.7. The minimum absolute atomic E-state index is 0.217. The minimum Gasteiger partial charge on any atom is -0.420 e. The third-order valence-corrected chi connectivity index (χ3v) is 40.2. The third-order valence-electron chi connectivity index (χ3n) is 5.91. The number of rotatable bonds is 27. The molecule has 0 spiro atoms. The van der Waals surface area contributed by atoms with Crippen LogP contribution in [0.2, 0.25) is 155 Å². The van der Waals surface area contributed by atoms with Gasteiger partial charge in [0.1, 0.15) is 0 Å². The van der Waals surface area contributed by atoms with Crippen LogP contribution in [0.3, 0.4) is 0 Å². The van der Waals surface area contributed by atoms with Crippen LogP contribution in [-0.2, 0) is 41.2 Å². The zero-order valence-corrected chi connectivity index (χ0v) is 47.1. The van der Waals surface area contributed by atoms with Crippen molar-refractivity contribution in [3.8, 4) is 0 Å². The molecule has 0 saturated carbocycles. The molecule has 0 aromatic heterocycles. The SMILES string of the molecule is [3H][Si](C)(C)O[Si](CCC[Si](C)(C)O[Si](O[Si]([3H])(C)C)(O[Si]([3H])(C)C)O[Si](C)(C)CC[Si](O[Si]([3H])(C)C)(O[Si]([3H])(C)C)O[Si]([3H])(C)C)(O[Si]([3H])(C)C)O[Si]([3H])(C)C. The molecule has 0 aliphatic carbocycles. The standard InChI is InChI=1S/C25H78O10Si13/c1-36(2)26-46(27-37(3)4,28-38(5)6)23-21-22-44(17,18)34-48(32-42(13)14,33-43(15)16)35-45(19,20)24-25-47(29-39(7)8,30-40(9)10)31-41(11)12/h36-43H,21-25H2,1-20H3/i36T,37T,38T,39T,40T,41T,42T,43T. The summed E-state index contributed by atoms with van der Waals surface area (Å²) in [6.07, 6.45) is 0.492. The van der Waals surface area contributed by atoms with E-state index >= 15 is 0 Å². The Kier molecular flexibility index (Phi) is 17.7. The van der Waals surface area contributed by atoms with Crippen LogP contribution in [0, 0.1) is 0 Å². The van der Waals surface area contributed by atoms with Crippen LogP contribution in [0.15, 0.2) is 0 Å². The van der Waals surface area contributed by atoms with E-state index in [-0.39, 0.29) is 6.04 Å². The zero-order valence-electron chi connectivity index (χ0n) is 42.1. The highest BCUT2D eigenvalue weighted by Crippen LogP contribution is 2.33. The van der Waals surface area contributed by atoms with E-state index in [0.717, 1.165) is 0 Å². The van der Waals surface area contributed by atoms with Gasteiger partial charge in [0.2, 0.25) is 0 Å². The van der Waals surface area contributed by atoms with Crippen LogP contribution in [0.4, 0.5) is 0 Å². The largest absolute Gasteiger partial charge is 0.636 e. The molecule has 290 valence electrons. The first kappa shape index (κ1) is 37.3. The van der Waals surface area contributed by atoms with Gasteiger partial charge in [0.05, 0.1) is 0 Å². The Morgan fingerprint density at radius 2 is 0.604 bits per heavy atom. The topological polar surface area (TPSA) is 92.3 Å². The molecule has 0 aliphatic heterocycles. The van der Waals surface area contributed by atoms with Gasteiger partial charge in [0.15, 0.2) is 88.4 Å². The number of hydrogen-bond donors (Lipinski definition) is 0. The second-order valence-corrected chi connectivity index (χ2v) is 50.5. The lowest BCUT2D eigenvalue weighted by molar-refractivity contribution is 0.154. The number of hydrogen-bond acceptors (Lipinski definition) is 10. The Bertz CT molecular complexity index is 1130. The second-order valence-electron chi connectivity index (χ2n) is 15.0. The highest BCUT2D eigenvalue weighted by Gasteiger charge is 2.55. The van der Waals surface area contributed by atoms with Crippen molar-refractivity contribution in [2.24, 2.45) is 0 Å². The summed E-state index contributed by atoms with van der Waals surface area (Å²) in [7, 11) is -41.9. The third kappa shape index (κ3) is 22.6. The van der Waals surface area contributed by atoms with E-state index in [9.17, 15) is 0 Å². The highest BCUT2D eigenvalue weighted by atomic mass is 28.5. The van der Waals surface area contributed by atoms with Gasteiger partial charge in [-0.25, -0.2) is 0 Å². The molecule has 0 radical (unpaired) electrons. The van der Waals surface area contributed by atoms with Gasteiger partial charge in [-0.05, 0) is 149 Å². The fourth-order valence-electron chi connectivity index (χ4n) is 4.89. The van der Waals surface area contributed by atoms with Gasteiger partial charge in [0.25, 0.3) is 0 Å². The summed E-state index contributed by atoms with van der Waals surface area (Å²) in [5, 5.41) is 0. The van der Waals surface area contributed by atoms with E-state index < -0.39 is 115 Å². The minimum atomic E-state index is -4.26. The van der Waals surface area contributed by atoms with Gasteiger partial charge in [-0.2, -0.15) is 0 Å². The lowest BCUT2D eigenvalue weighted by Crippen LogP contribution is -2.63. The molecular formula is C25H78O10Si13. The molecule has 0 heterocycles. The van der Waals surface area contributed by atoms with Gasteiger partial charge in [0, 0.05) is 22.0 Å². The van der Waals surface area contributed by atoms with Crippen molar-refractivity contribution < 1.29 is 41.2 Å². The Balaban J connectivity index is 7.07. The van der Waals surface area contributed by atoms with Crippen LogP contribution >= 0.6 is 0 Å². The first-order chi connectivity index (χ1) is 24.0.